The average molecular weight is 409 g/mol. The van der Waals surface area contributed by atoms with Crippen LogP contribution in [-0.2, 0) is 13.7 Å². The van der Waals surface area contributed by atoms with Gasteiger partial charge in [0, 0.05) is 25.5 Å². The molecule has 0 amide bonds. The number of benzene rings is 1. The molecule has 1 aliphatic carbocycles. The molecule has 3 heterocycles. The summed E-state index contributed by atoms with van der Waals surface area (Å²) in [4.78, 5) is 20.9. The number of rotatable bonds is 4. The fourth-order valence-electron chi connectivity index (χ4n) is 2.68. The van der Waals surface area contributed by atoms with Gasteiger partial charge in [-0.2, -0.15) is 0 Å². The number of halogens is 1. The van der Waals surface area contributed by atoms with Crippen LogP contribution in [0.25, 0.3) is 16.7 Å². The van der Waals surface area contributed by atoms with E-state index in [1.807, 2.05) is 29.8 Å². The maximum absolute atomic E-state index is 12.5. The molecule has 0 atom stereocenters. The number of hydrogen-bond donors (Lipinski definition) is 0. The molecule has 0 N–H and O–H groups in total. The first-order valence-corrected chi connectivity index (χ1v) is 9.85. The van der Waals surface area contributed by atoms with E-state index in [0.717, 1.165) is 22.4 Å². The van der Waals surface area contributed by atoms with Gasteiger partial charge in [0.2, 0.25) is 0 Å². The van der Waals surface area contributed by atoms with Crippen LogP contribution in [0.2, 0.25) is 5.02 Å². The third-order valence-electron chi connectivity index (χ3n) is 4.41. The van der Waals surface area contributed by atoms with Gasteiger partial charge in [0.1, 0.15) is 12.4 Å². The van der Waals surface area contributed by atoms with E-state index in [4.69, 9.17) is 16.3 Å². The second kappa shape index (κ2) is 8.49. The monoisotopic (exact) mass is 408 g/mol. The van der Waals surface area contributed by atoms with E-state index in [9.17, 15) is 4.79 Å². The van der Waals surface area contributed by atoms with Crippen molar-refractivity contribution in [3.05, 3.63) is 82.3 Å². The van der Waals surface area contributed by atoms with Gasteiger partial charge in [0.05, 0.1) is 33.8 Å². The van der Waals surface area contributed by atoms with Crippen molar-refractivity contribution >= 4 is 22.6 Å². The Bertz CT molecular complexity index is 1180. The van der Waals surface area contributed by atoms with Crippen molar-refractivity contribution < 1.29 is 4.74 Å². The third kappa shape index (κ3) is 4.84. The molecule has 0 bridgehead atoms. The number of pyridine rings is 2. The van der Waals surface area contributed by atoms with Crippen molar-refractivity contribution in [2.75, 3.05) is 0 Å². The van der Waals surface area contributed by atoms with Crippen LogP contribution >= 0.6 is 11.6 Å². The van der Waals surface area contributed by atoms with Crippen LogP contribution in [0.4, 0.5) is 0 Å². The zero-order chi connectivity index (χ0) is 20.2. The van der Waals surface area contributed by atoms with E-state index in [1.165, 1.54) is 25.3 Å². The topological polar surface area (TPSA) is 61.9 Å². The van der Waals surface area contributed by atoms with Gasteiger partial charge in [0.15, 0.2) is 0 Å². The average Bonchev–Trinajstić information content (AvgIpc) is 3.57. The Morgan fingerprint density at radius 1 is 1.07 bits per heavy atom. The Morgan fingerprint density at radius 3 is 2.59 bits per heavy atom. The van der Waals surface area contributed by atoms with Crippen molar-refractivity contribution in [1.29, 1.82) is 0 Å². The Hall–Kier alpha value is -3.12. The number of imidazole rings is 1. The minimum atomic E-state index is -0.173. The number of aromatic nitrogens is 4. The lowest BCUT2D eigenvalue weighted by Crippen LogP contribution is -2.16. The summed E-state index contributed by atoms with van der Waals surface area (Å²) < 4.78 is 9.13. The van der Waals surface area contributed by atoms with Crippen LogP contribution in [0.1, 0.15) is 25.0 Å². The molecular weight excluding hydrogens is 388 g/mol. The van der Waals surface area contributed by atoms with E-state index in [2.05, 4.69) is 9.97 Å². The van der Waals surface area contributed by atoms with Gasteiger partial charge in [-0.15, -0.1) is 0 Å². The first-order chi connectivity index (χ1) is 14.1. The standard InChI is InChI=1S/C19H15ClN4O2.C3H6/c1-23-12-22-17-5-4-15(8-18(17)23)24-7-6-16(9-19(24)25)26-11-14-3-2-13(20)10-21-14;1-2-3-1/h2-10,12H,11H2,1H3;1-3H2. The number of hydrogen-bond acceptors (Lipinski definition) is 4. The van der Waals surface area contributed by atoms with Gasteiger partial charge in [-0.05, 0) is 36.4 Å². The molecule has 29 heavy (non-hydrogen) atoms. The minimum absolute atomic E-state index is 0.173. The molecule has 1 fully saturated rings. The zero-order valence-electron chi connectivity index (χ0n) is 16.1. The van der Waals surface area contributed by atoms with Crippen molar-refractivity contribution in [3.63, 3.8) is 0 Å². The van der Waals surface area contributed by atoms with Crippen LogP contribution in [0.15, 0.2) is 66.0 Å². The fourth-order valence-corrected chi connectivity index (χ4v) is 2.79. The fraction of sp³-hybridized carbons (Fsp3) is 0.227. The smallest absolute Gasteiger partial charge is 0.258 e. The van der Waals surface area contributed by atoms with E-state index in [1.54, 1.807) is 41.5 Å². The van der Waals surface area contributed by atoms with Crippen LogP contribution < -0.4 is 10.3 Å². The van der Waals surface area contributed by atoms with E-state index in [-0.39, 0.29) is 12.2 Å². The van der Waals surface area contributed by atoms with Gasteiger partial charge < -0.3 is 9.30 Å². The summed E-state index contributed by atoms with van der Waals surface area (Å²) in [6, 6.07) is 12.4. The van der Waals surface area contributed by atoms with Crippen molar-refractivity contribution in [2.45, 2.75) is 25.9 Å². The predicted octanol–water partition coefficient (Wildman–Crippen LogP) is 4.52. The molecule has 0 radical (unpaired) electrons. The molecule has 0 spiro atoms. The van der Waals surface area contributed by atoms with Gasteiger partial charge in [-0.1, -0.05) is 30.9 Å². The summed E-state index contributed by atoms with van der Waals surface area (Å²) in [6.07, 6.45) is 9.51. The maximum atomic E-state index is 12.5. The second-order valence-corrected chi connectivity index (χ2v) is 7.35. The van der Waals surface area contributed by atoms with E-state index in [0.29, 0.717) is 10.8 Å². The van der Waals surface area contributed by atoms with Gasteiger partial charge >= 0.3 is 0 Å². The normalized spacial score (nSPS) is 12.3. The molecule has 5 rings (SSSR count). The van der Waals surface area contributed by atoms with Crippen LogP contribution in [0.3, 0.4) is 0 Å². The third-order valence-corrected chi connectivity index (χ3v) is 4.63. The SMILES string of the molecule is C1CC1.Cn1cnc2ccc(-n3ccc(OCc4ccc(Cl)cn4)cc3=O)cc21. The molecule has 0 aliphatic heterocycles. The van der Waals surface area contributed by atoms with E-state index < -0.39 is 0 Å². The van der Waals surface area contributed by atoms with Crippen molar-refractivity contribution in [2.24, 2.45) is 7.05 Å². The summed E-state index contributed by atoms with van der Waals surface area (Å²) >= 11 is 5.81. The molecule has 4 aromatic rings. The number of fused-ring (bicyclic) bond motifs is 1. The molecule has 1 aliphatic rings. The summed E-state index contributed by atoms with van der Waals surface area (Å²) in [7, 11) is 1.92. The van der Waals surface area contributed by atoms with Gasteiger partial charge in [-0.25, -0.2) is 4.98 Å². The molecule has 1 aromatic carbocycles. The van der Waals surface area contributed by atoms with Crippen molar-refractivity contribution in [1.82, 2.24) is 19.1 Å². The van der Waals surface area contributed by atoms with Gasteiger partial charge in [-0.3, -0.25) is 14.3 Å². The lowest BCUT2D eigenvalue weighted by atomic mass is 10.2. The Labute approximate surface area is 173 Å². The lowest BCUT2D eigenvalue weighted by Gasteiger charge is -2.09. The predicted molar refractivity (Wildman–Crippen MR) is 114 cm³/mol. The number of ether oxygens (including phenoxy) is 1. The highest BCUT2D eigenvalue weighted by molar-refractivity contribution is 6.30. The molecule has 1 saturated carbocycles. The highest BCUT2D eigenvalue weighted by atomic mass is 35.5. The van der Waals surface area contributed by atoms with E-state index >= 15 is 0 Å². The quantitative estimate of drug-likeness (QED) is 0.498. The summed E-state index contributed by atoms with van der Waals surface area (Å²) in [5.74, 6) is 0.490. The number of aryl methyl sites for hydroxylation is 1. The molecule has 3 aromatic heterocycles. The Kier molecular flexibility index (Phi) is 5.62. The highest BCUT2D eigenvalue weighted by Crippen LogP contribution is 2.17. The maximum Gasteiger partial charge on any atom is 0.258 e. The van der Waals surface area contributed by atoms with Gasteiger partial charge in [0.25, 0.3) is 5.56 Å². The molecule has 7 heteroatoms. The lowest BCUT2D eigenvalue weighted by molar-refractivity contribution is 0.300. The molecular formula is C22H21ClN4O2. The molecule has 0 saturated heterocycles. The minimum Gasteiger partial charge on any atom is -0.487 e. The second-order valence-electron chi connectivity index (χ2n) is 6.92. The Morgan fingerprint density at radius 2 is 1.90 bits per heavy atom. The highest BCUT2D eigenvalue weighted by Gasteiger charge is 2.06. The Balaban J connectivity index is 0.000000626. The zero-order valence-corrected chi connectivity index (χ0v) is 16.8. The number of nitrogens with zero attached hydrogens (tertiary/aromatic N) is 4. The first-order valence-electron chi connectivity index (χ1n) is 9.47. The van der Waals surface area contributed by atoms with Crippen LogP contribution in [0, 0.1) is 0 Å². The van der Waals surface area contributed by atoms with Crippen LogP contribution in [0.5, 0.6) is 5.75 Å². The molecule has 0 unspecified atom stereocenters. The molecule has 6 nitrogen and oxygen atoms in total. The first kappa shape index (κ1) is 19.2. The van der Waals surface area contributed by atoms with Crippen LogP contribution in [-0.4, -0.2) is 19.1 Å². The molecule has 148 valence electrons. The van der Waals surface area contributed by atoms with Crippen molar-refractivity contribution in [3.8, 4) is 11.4 Å². The summed E-state index contributed by atoms with van der Waals surface area (Å²) in [5.41, 5.74) is 3.19. The largest absolute Gasteiger partial charge is 0.487 e. The summed E-state index contributed by atoms with van der Waals surface area (Å²) in [5, 5.41) is 0.571. The summed E-state index contributed by atoms with van der Waals surface area (Å²) in [6.45, 7) is 0.265.